The van der Waals surface area contributed by atoms with Crippen LogP contribution in [-0.4, -0.2) is 67.5 Å². The summed E-state index contributed by atoms with van der Waals surface area (Å²) >= 11 is 0. The van der Waals surface area contributed by atoms with Crippen LogP contribution in [0.15, 0.2) is 65.9 Å². The van der Waals surface area contributed by atoms with Gasteiger partial charge >= 0.3 is 7.12 Å². The van der Waals surface area contributed by atoms with Crippen molar-refractivity contribution >= 4 is 24.6 Å². The number of carbonyl (C=O) groups excluding carboxylic acids is 2. The van der Waals surface area contributed by atoms with Crippen molar-refractivity contribution in [2.75, 3.05) is 6.54 Å². The lowest BCUT2D eigenvalue weighted by Gasteiger charge is -2.29. The van der Waals surface area contributed by atoms with Crippen LogP contribution in [0.5, 0.6) is 0 Å². The zero-order chi connectivity index (χ0) is 28.0. The van der Waals surface area contributed by atoms with E-state index in [-0.39, 0.29) is 31.2 Å². The summed E-state index contributed by atoms with van der Waals surface area (Å²) in [4.78, 5) is 36.7. The molecule has 204 valence electrons. The van der Waals surface area contributed by atoms with Crippen molar-refractivity contribution in [1.29, 1.82) is 0 Å². The second-order valence-corrected chi connectivity index (χ2v) is 10.2. The van der Waals surface area contributed by atoms with Crippen molar-refractivity contribution in [2.24, 2.45) is 11.1 Å². The van der Waals surface area contributed by atoms with E-state index in [9.17, 15) is 19.6 Å². The van der Waals surface area contributed by atoms with E-state index in [1.54, 1.807) is 31.3 Å². The van der Waals surface area contributed by atoms with Gasteiger partial charge in [-0.1, -0.05) is 55.4 Å². The van der Waals surface area contributed by atoms with Crippen LogP contribution in [-0.2, 0) is 16.1 Å². The number of carbonyl (C=O) groups is 2. The molecule has 4 rings (SSSR count). The van der Waals surface area contributed by atoms with Gasteiger partial charge in [-0.15, -0.1) is 0 Å². The van der Waals surface area contributed by atoms with Crippen molar-refractivity contribution in [1.82, 2.24) is 25.4 Å². The van der Waals surface area contributed by atoms with E-state index < -0.39 is 24.6 Å². The Bertz CT molecular complexity index is 1310. The number of hydrogen-bond donors (Lipinski definition) is 4. The third kappa shape index (κ3) is 6.90. The fourth-order valence-electron chi connectivity index (χ4n) is 4.51. The van der Waals surface area contributed by atoms with E-state index in [0.29, 0.717) is 29.3 Å². The predicted molar refractivity (Wildman–Crippen MR) is 146 cm³/mol. The number of aryl methyl sites for hydroxylation is 1. The third-order valence-electron chi connectivity index (χ3n) is 6.37. The van der Waals surface area contributed by atoms with E-state index in [4.69, 9.17) is 4.84 Å². The normalized spacial score (nSPS) is 17.3. The van der Waals surface area contributed by atoms with Gasteiger partial charge in [0.25, 0.3) is 11.8 Å². The number of benzene rings is 1. The predicted octanol–water partition coefficient (Wildman–Crippen LogP) is 1.61. The molecule has 3 heterocycles. The molecule has 0 fully saturated rings. The highest BCUT2D eigenvalue weighted by molar-refractivity contribution is 6.43. The summed E-state index contributed by atoms with van der Waals surface area (Å²) in [6.45, 7) is 5.70. The van der Waals surface area contributed by atoms with Gasteiger partial charge < -0.3 is 25.5 Å². The zero-order valence-electron chi connectivity index (χ0n) is 22.2. The van der Waals surface area contributed by atoms with Gasteiger partial charge in [-0.3, -0.25) is 9.59 Å². The molecule has 1 aromatic carbocycles. The van der Waals surface area contributed by atoms with Crippen LogP contribution in [0.1, 0.15) is 48.4 Å². The molecule has 12 heteroatoms. The molecule has 0 saturated heterocycles. The van der Waals surface area contributed by atoms with Gasteiger partial charge in [-0.25, -0.2) is 9.67 Å². The highest BCUT2D eigenvalue weighted by atomic mass is 16.7. The fraction of sp³-hybridized carbons (Fsp3) is 0.370. The fourth-order valence-corrected chi connectivity index (χ4v) is 4.51. The molecule has 39 heavy (non-hydrogen) atoms. The van der Waals surface area contributed by atoms with Crippen LogP contribution in [0.2, 0.25) is 0 Å². The average Bonchev–Trinajstić information content (AvgIpc) is 3.52. The third-order valence-corrected chi connectivity index (χ3v) is 6.37. The first-order valence-electron chi connectivity index (χ1n) is 12.9. The Hall–Kier alpha value is -4.03. The molecule has 0 aliphatic carbocycles. The molecule has 2 unspecified atom stereocenters. The summed E-state index contributed by atoms with van der Waals surface area (Å²) in [7, 11) is -1.72. The van der Waals surface area contributed by atoms with Gasteiger partial charge in [-0.2, -0.15) is 5.10 Å². The lowest BCUT2D eigenvalue weighted by molar-refractivity contribution is -0.144. The number of aromatic nitrogens is 3. The summed E-state index contributed by atoms with van der Waals surface area (Å²) < 4.78 is 1.47. The van der Waals surface area contributed by atoms with E-state index >= 15 is 0 Å². The minimum Gasteiger partial charge on any atom is -0.426 e. The maximum atomic E-state index is 13.5. The number of pyridine rings is 1. The summed E-state index contributed by atoms with van der Waals surface area (Å²) in [5.74, 6) is -1.12. The van der Waals surface area contributed by atoms with Crippen LogP contribution in [0.3, 0.4) is 0 Å². The van der Waals surface area contributed by atoms with Gasteiger partial charge in [0, 0.05) is 19.0 Å². The number of oxime groups is 1. The van der Waals surface area contributed by atoms with Crippen LogP contribution in [0, 0.1) is 12.8 Å². The molecule has 3 aromatic rings. The number of rotatable bonds is 11. The SMILES string of the molecule is Cc1cc(C(=O)NCC2=NOC(Cc3ccccc3)(C(=O)NC(CC(C)C)B(O)O)C2)n(-c2ccccn2)n1. The lowest BCUT2D eigenvalue weighted by atomic mass is 9.74. The van der Waals surface area contributed by atoms with Crippen LogP contribution in [0.4, 0.5) is 0 Å². The van der Waals surface area contributed by atoms with Crippen LogP contribution < -0.4 is 10.6 Å². The standard InChI is InChI=1S/C27H33BN6O5/c1-18(2)13-23(28(37)38)31-26(36)27(15-20-9-5-4-6-10-20)16-21(33-39-27)17-30-25(35)22-14-19(3)32-34(22)24-11-7-8-12-29-24/h4-12,14,18,23,37-38H,13,15-17H2,1-3H3,(H,30,35)(H,31,36). The molecular weight excluding hydrogens is 499 g/mol. The Balaban J connectivity index is 1.48. The second-order valence-electron chi connectivity index (χ2n) is 10.2. The Kier molecular flexibility index (Phi) is 8.77. The van der Waals surface area contributed by atoms with Gasteiger partial charge in [0.2, 0.25) is 5.60 Å². The Labute approximate surface area is 227 Å². The van der Waals surface area contributed by atoms with Crippen LogP contribution in [0.25, 0.3) is 5.82 Å². The maximum Gasteiger partial charge on any atom is 0.475 e. The van der Waals surface area contributed by atoms with Gasteiger partial charge in [-0.05, 0) is 43.0 Å². The summed E-state index contributed by atoms with van der Waals surface area (Å²) in [5, 5.41) is 33.8. The number of nitrogens with one attached hydrogen (secondary N) is 2. The van der Waals surface area contributed by atoms with Crippen molar-refractivity contribution in [3.63, 3.8) is 0 Å². The van der Waals surface area contributed by atoms with E-state index in [2.05, 4.69) is 25.9 Å². The highest BCUT2D eigenvalue weighted by Crippen LogP contribution is 2.29. The average molecular weight is 532 g/mol. The van der Waals surface area contributed by atoms with Crippen molar-refractivity contribution in [2.45, 2.75) is 51.6 Å². The monoisotopic (exact) mass is 532 g/mol. The molecule has 1 aliphatic heterocycles. The Morgan fingerprint density at radius 2 is 1.90 bits per heavy atom. The van der Waals surface area contributed by atoms with Crippen molar-refractivity contribution in [3.8, 4) is 5.82 Å². The number of amides is 2. The minimum atomic E-state index is -1.72. The molecule has 4 N–H and O–H groups in total. The zero-order valence-corrected chi connectivity index (χ0v) is 22.2. The van der Waals surface area contributed by atoms with Crippen molar-refractivity contribution in [3.05, 3.63) is 77.7 Å². The molecule has 2 aromatic heterocycles. The summed E-state index contributed by atoms with van der Waals surface area (Å²) in [6.07, 6.45) is 2.32. The molecule has 0 spiro atoms. The smallest absolute Gasteiger partial charge is 0.426 e. The highest BCUT2D eigenvalue weighted by Gasteiger charge is 2.48. The summed E-state index contributed by atoms with van der Waals surface area (Å²) in [5.41, 5.74) is 0.894. The largest absolute Gasteiger partial charge is 0.475 e. The lowest BCUT2D eigenvalue weighted by Crippen LogP contribution is -2.56. The molecule has 1 aliphatic rings. The van der Waals surface area contributed by atoms with Crippen LogP contribution >= 0.6 is 0 Å². The topological polar surface area (TPSA) is 151 Å². The molecule has 0 saturated carbocycles. The number of nitrogens with zero attached hydrogens (tertiary/aromatic N) is 4. The molecular formula is C27H33BN6O5. The summed E-state index contributed by atoms with van der Waals surface area (Å²) in [6, 6.07) is 16.4. The minimum absolute atomic E-state index is 0.0488. The molecule has 11 nitrogen and oxygen atoms in total. The van der Waals surface area contributed by atoms with E-state index in [1.807, 2.05) is 50.2 Å². The van der Waals surface area contributed by atoms with Crippen molar-refractivity contribution < 1.29 is 24.5 Å². The van der Waals surface area contributed by atoms with Gasteiger partial charge in [0.15, 0.2) is 5.82 Å². The molecule has 2 atom stereocenters. The maximum absolute atomic E-state index is 13.5. The molecule has 2 amide bonds. The van der Waals surface area contributed by atoms with Gasteiger partial charge in [0.05, 0.1) is 23.9 Å². The second kappa shape index (κ2) is 12.2. The molecule has 0 radical (unpaired) electrons. The van der Waals surface area contributed by atoms with E-state index in [1.165, 1.54) is 4.68 Å². The van der Waals surface area contributed by atoms with Gasteiger partial charge in [0.1, 0.15) is 5.69 Å². The Morgan fingerprint density at radius 3 is 2.56 bits per heavy atom. The number of hydrogen-bond acceptors (Lipinski definition) is 8. The molecule has 0 bridgehead atoms. The first kappa shape index (κ1) is 28.0. The Morgan fingerprint density at radius 1 is 1.15 bits per heavy atom. The quantitative estimate of drug-likeness (QED) is 0.274. The first-order chi connectivity index (χ1) is 18.7. The first-order valence-corrected chi connectivity index (χ1v) is 12.9. The van der Waals surface area contributed by atoms with E-state index in [0.717, 1.165) is 5.56 Å².